The van der Waals surface area contributed by atoms with Crippen LogP contribution in [0.25, 0.3) is 0 Å². The number of carbonyl (C=O) groups is 4. The van der Waals surface area contributed by atoms with Gasteiger partial charge in [-0.15, -0.1) is 0 Å². The number of carboxylic acid groups (broad SMARTS) is 2. The number of hydrogen-bond acceptors (Lipinski definition) is 7. The molecule has 0 saturated carbocycles. The highest BCUT2D eigenvalue weighted by atomic mass is 16.5. The number of aliphatic carboxylic acids is 2. The molecule has 0 aromatic carbocycles. The smallest absolute Gasteiger partial charge is 0.337 e. The summed E-state index contributed by atoms with van der Waals surface area (Å²) >= 11 is 0. The van der Waals surface area contributed by atoms with Crippen LogP contribution >= 0.6 is 0 Å². The molecule has 0 radical (unpaired) electrons. The van der Waals surface area contributed by atoms with Gasteiger partial charge >= 0.3 is 17.9 Å². The molecule has 0 heterocycles. The van der Waals surface area contributed by atoms with Crippen LogP contribution in [0.15, 0.2) is 0 Å². The fraction of sp³-hybridized carbons (Fsp3) is 0.692. The van der Waals surface area contributed by atoms with Crippen LogP contribution in [-0.4, -0.2) is 70.1 Å². The van der Waals surface area contributed by atoms with Crippen LogP contribution in [0.4, 0.5) is 0 Å². The van der Waals surface area contributed by atoms with Gasteiger partial charge in [0.1, 0.15) is 6.10 Å². The molecule has 0 bridgehead atoms. The van der Waals surface area contributed by atoms with Crippen molar-refractivity contribution in [1.29, 1.82) is 0 Å². The van der Waals surface area contributed by atoms with Crippen LogP contribution in [0.2, 0.25) is 0 Å². The maximum Gasteiger partial charge on any atom is 0.337 e. The van der Waals surface area contributed by atoms with E-state index in [0.29, 0.717) is 0 Å². The number of ether oxygens (including phenoxy) is 1. The lowest BCUT2D eigenvalue weighted by atomic mass is 9.85. The van der Waals surface area contributed by atoms with Crippen molar-refractivity contribution in [2.24, 2.45) is 10.8 Å². The third-order valence-corrected chi connectivity index (χ3v) is 3.28. The Hall–Kier alpha value is -2.20. The zero-order valence-electron chi connectivity index (χ0n) is 13.0. The van der Waals surface area contributed by atoms with Crippen molar-refractivity contribution in [1.82, 2.24) is 5.32 Å². The van der Waals surface area contributed by atoms with E-state index in [1.807, 2.05) is 5.32 Å². The van der Waals surface area contributed by atoms with Crippen LogP contribution < -0.4 is 5.32 Å². The lowest BCUT2D eigenvalue weighted by molar-refractivity contribution is -0.178. The van der Waals surface area contributed by atoms with Crippen LogP contribution in [0.5, 0.6) is 0 Å². The standard InChI is InChI=1S/C13H21NO9/c1-4-23-11(22)13(9(18)19,10(20)21)5-14-8(17)7(16)12(2,3)6-15/h7,15-16H,4-6H2,1-3H3,(H,14,17)(H,18,19)(H,20,21)/t7-/m0/s1. The Kier molecular flexibility index (Phi) is 7.13. The largest absolute Gasteiger partial charge is 0.480 e. The molecule has 10 heteroatoms. The zero-order chi connectivity index (χ0) is 18.4. The Morgan fingerprint density at radius 2 is 1.61 bits per heavy atom. The molecule has 5 N–H and O–H groups in total. The SMILES string of the molecule is CCOC(=O)C(CNC(=O)[C@H](O)C(C)(C)CO)(C(=O)O)C(=O)O. The quantitative estimate of drug-likeness (QED) is 0.241. The van der Waals surface area contributed by atoms with E-state index in [1.54, 1.807) is 0 Å². The minimum absolute atomic E-state index is 0.255. The molecule has 132 valence electrons. The summed E-state index contributed by atoms with van der Waals surface area (Å²) in [6, 6.07) is 0. The van der Waals surface area contributed by atoms with E-state index in [4.69, 9.17) is 15.3 Å². The van der Waals surface area contributed by atoms with Crippen molar-refractivity contribution < 1.29 is 44.3 Å². The number of aliphatic hydroxyl groups is 2. The summed E-state index contributed by atoms with van der Waals surface area (Å²) in [5.41, 5.74) is -4.28. The van der Waals surface area contributed by atoms with Gasteiger partial charge in [-0.1, -0.05) is 13.8 Å². The Morgan fingerprint density at radius 3 is 1.96 bits per heavy atom. The van der Waals surface area contributed by atoms with Gasteiger partial charge in [0.25, 0.3) is 5.41 Å². The predicted molar refractivity (Wildman–Crippen MR) is 74.2 cm³/mol. The Balaban J connectivity index is 5.36. The molecule has 1 atom stereocenters. The number of esters is 1. The monoisotopic (exact) mass is 335 g/mol. The van der Waals surface area contributed by atoms with Gasteiger partial charge in [-0.05, 0) is 6.92 Å². The second-order valence-corrected chi connectivity index (χ2v) is 5.50. The highest BCUT2D eigenvalue weighted by Crippen LogP contribution is 2.22. The topological polar surface area (TPSA) is 170 Å². The van der Waals surface area contributed by atoms with Gasteiger partial charge in [-0.25, -0.2) is 0 Å². The van der Waals surface area contributed by atoms with E-state index < -0.39 is 53.9 Å². The molecule has 0 aromatic rings. The molecule has 23 heavy (non-hydrogen) atoms. The first-order valence-corrected chi connectivity index (χ1v) is 6.68. The van der Waals surface area contributed by atoms with Crippen LogP contribution in [-0.2, 0) is 23.9 Å². The van der Waals surface area contributed by atoms with E-state index in [9.17, 15) is 24.3 Å². The number of carbonyl (C=O) groups excluding carboxylic acids is 2. The van der Waals surface area contributed by atoms with Crippen molar-refractivity contribution in [2.75, 3.05) is 19.8 Å². The molecule has 0 unspecified atom stereocenters. The number of carboxylic acids is 2. The Bertz CT molecular complexity index is 472. The number of aliphatic hydroxyl groups excluding tert-OH is 2. The fourth-order valence-electron chi connectivity index (χ4n) is 1.50. The van der Waals surface area contributed by atoms with Crippen molar-refractivity contribution in [3.05, 3.63) is 0 Å². The number of hydrogen-bond donors (Lipinski definition) is 5. The molecule has 0 spiro atoms. The molecule has 10 nitrogen and oxygen atoms in total. The third-order valence-electron chi connectivity index (χ3n) is 3.28. The molecule has 0 aliphatic carbocycles. The lowest BCUT2D eigenvalue weighted by Crippen LogP contribution is -2.57. The van der Waals surface area contributed by atoms with Gasteiger partial charge in [0, 0.05) is 5.41 Å². The summed E-state index contributed by atoms with van der Waals surface area (Å²) in [5.74, 6) is -6.70. The van der Waals surface area contributed by atoms with Crippen molar-refractivity contribution >= 4 is 23.8 Å². The normalized spacial score (nSPS) is 13.1. The van der Waals surface area contributed by atoms with E-state index >= 15 is 0 Å². The first kappa shape index (κ1) is 20.8. The molecule has 0 aromatic heterocycles. The fourth-order valence-corrected chi connectivity index (χ4v) is 1.50. The molecule has 1 amide bonds. The Labute approximate surface area is 132 Å². The summed E-state index contributed by atoms with van der Waals surface area (Å²) < 4.78 is 4.46. The van der Waals surface area contributed by atoms with Crippen molar-refractivity contribution in [2.45, 2.75) is 26.9 Å². The first-order valence-electron chi connectivity index (χ1n) is 6.68. The van der Waals surface area contributed by atoms with Gasteiger partial charge in [0.2, 0.25) is 5.91 Å². The summed E-state index contributed by atoms with van der Waals surface area (Å²) in [6.45, 7) is 2.17. The van der Waals surface area contributed by atoms with E-state index in [1.165, 1.54) is 20.8 Å². The lowest BCUT2D eigenvalue weighted by Gasteiger charge is -2.29. The van der Waals surface area contributed by atoms with Gasteiger partial charge in [0.05, 0.1) is 19.8 Å². The van der Waals surface area contributed by atoms with Crippen LogP contribution in [0, 0.1) is 10.8 Å². The van der Waals surface area contributed by atoms with Crippen molar-refractivity contribution in [3.8, 4) is 0 Å². The maximum atomic E-state index is 11.8. The maximum absolute atomic E-state index is 11.8. The molecule has 0 saturated heterocycles. The van der Waals surface area contributed by atoms with Crippen LogP contribution in [0.3, 0.4) is 0 Å². The Morgan fingerprint density at radius 1 is 1.13 bits per heavy atom. The predicted octanol–water partition coefficient (Wildman–Crippen LogP) is -1.80. The zero-order valence-corrected chi connectivity index (χ0v) is 13.0. The molecule has 0 aliphatic rings. The summed E-state index contributed by atoms with van der Waals surface area (Å²) in [6.07, 6.45) is -1.74. The highest BCUT2D eigenvalue weighted by molar-refractivity contribution is 6.17. The van der Waals surface area contributed by atoms with Gasteiger partial charge in [0.15, 0.2) is 0 Å². The van der Waals surface area contributed by atoms with E-state index in [-0.39, 0.29) is 6.61 Å². The first-order chi connectivity index (χ1) is 10.5. The van der Waals surface area contributed by atoms with E-state index in [2.05, 4.69) is 4.74 Å². The van der Waals surface area contributed by atoms with Gasteiger partial charge in [-0.2, -0.15) is 0 Å². The molecular formula is C13H21NO9. The average molecular weight is 335 g/mol. The summed E-state index contributed by atoms with van der Waals surface area (Å²) in [5, 5.41) is 39.0. The van der Waals surface area contributed by atoms with Crippen molar-refractivity contribution in [3.63, 3.8) is 0 Å². The van der Waals surface area contributed by atoms with Crippen LogP contribution in [0.1, 0.15) is 20.8 Å². The van der Waals surface area contributed by atoms with Gasteiger partial charge in [-0.3, -0.25) is 19.2 Å². The molecule has 0 aliphatic heterocycles. The minimum Gasteiger partial charge on any atom is -0.480 e. The molecular weight excluding hydrogens is 314 g/mol. The molecule has 0 fully saturated rings. The number of rotatable bonds is 9. The summed E-state index contributed by atoms with van der Waals surface area (Å²) in [4.78, 5) is 46.1. The highest BCUT2D eigenvalue weighted by Gasteiger charge is 2.56. The number of nitrogens with one attached hydrogen (secondary N) is 1. The second kappa shape index (κ2) is 7.88. The molecule has 0 rings (SSSR count). The number of amides is 1. The minimum atomic E-state index is -3.03. The second-order valence-electron chi connectivity index (χ2n) is 5.50. The third kappa shape index (κ3) is 4.39. The van der Waals surface area contributed by atoms with E-state index in [0.717, 1.165) is 0 Å². The summed E-state index contributed by atoms with van der Waals surface area (Å²) in [7, 11) is 0. The average Bonchev–Trinajstić information content (AvgIpc) is 2.46. The van der Waals surface area contributed by atoms with Gasteiger partial charge < -0.3 is 30.5 Å².